The van der Waals surface area contributed by atoms with Crippen LogP contribution in [0, 0.1) is 5.92 Å². The van der Waals surface area contributed by atoms with E-state index in [2.05, 4.69) is 26.5 Å². The summed E-state index contributed by atoms with van der Waals surface area (Å²) in [4.78, 5) is 14.9. The number of carbonyl (C=O) groups is 1. The molecule has 2 N–H and O–H groups in total. The first kappa shape index (κ1) is 14.2. The number of carbonyl (C=O) groups excluding carboxylic acids is 1. The van der Waals surface area contributed by atoms with Crippen molar-refractivity contribution in [3.63, 3.8) is 0 Å². The van der Waals surface area contributed by atoms with Gasteiger partial charge in [0.2, 0.25) is 5.91 Å². The van der Waals surface area contributed by atoms with Gasteiger partial charge in [-0.05, 0) is 44.1 Å². The maximum absolute atomic E-state index is 12.8. The monoisotopic (exact) mass is 302 g/mol. The average molecular weight is 302 g/mol. The van der Waals surface area contributed by atoms with Crippen molar-refractivity contribution in [2.24, 2.45) is 5.92 Å². The molecule has 5 heteroatoms. The van der Waals surface area contributed by atoms with Crippen molar-refractivity contribution >= 4 is 5.91 Å². The van der Waals surface area contributed by atoms with Gasteiger partial charge in [0.1, 0.15) is 0 Å². The van der Waals surface area contributed by atoms with Crippen molar-refractivity contribution in [1.82, 2.24) is 20.4 Å². The van der Waals surface area contributed by atoms with E-state index in [4.69, 9.17) is 0 Å². The van der Waals surface area contributed by atoms with Crippen LogP contribution in [0.4, 0.5) is 0 Å². The Kier molecular flexibility index (Phi) is 3.90. The molecule has 2 saturated heterocycles. The second-order valence-electron chi connectivity index (χ2n) is 7.22. The maximum Gasteiger partial charge on any atom is 0.239 e. The lowest BCUT2D eigenvalue weighted by molar-refractivity contribution is -0.134. The largest absolute Gasteiger partial charge is 0.341 e. The van der Waals surface area contributed by atoms with E-state index in [-0.39, 0.29) is 6.04 Å². The molecule has 5 nitrogen and oxygen atoms in total. The number of aromatic amines is 1. The molecule has 3 fully saturated rings. The molecular weight excluding hydrogens is 276 g/mol. The third-order valence-corrected chi connectivity index (χ3v) is 5.93. The van der Waals surface area contributed by atoms with E-state index in [1.54, 1.807) is 0 Å². The van der Waals surface area contributed by atoms with Crippen LogP contribution in [0.2, 0.25) is 0 Å². The standard InChI is InChI=1S/C17H26N4O/c22-17(16-11-13-3-1-2-4-14(13)19-16)21-9-6-12(7-10-21)15-5-8-18-20-15/h5,8,12-14,16,19H,1-4,6-7,9-11H2,(H,18,20). The van der Waals surface area contributed by atoms with E-state index in [1.165, 1.54) is 31.4 Å². The molecule has 1 amide bonds. The van der Waals surface area contributed by atoms with Crippen LogP contribution in [0.3, 0.4) is 0 Å². The number of aromatic nitrogens is 2. The molecule has 3 aliphatic rings. The third-order valence-electron chi connectivity index (χ3n) is 5.93. The lowest BCUT2D eigenvalue weighted by Crippen LogP contribution is -2.48. The fourth-order valence-corrected chi connectivity index (χ4v) is 4.64. The molecule has 1 aromatic rings. The van der Waals surface area contributed by atoms with Gasteiger partial charge in [0, 0.05) is 36.9 Å². The first-order chi connectivity index (χ1) is 10.8. The predicted octanol–water partition coefficient (Wildman–Crippen LogP) is 2.04. The van der Waals surface area contributed by atoms with Crippen LogP contribution >= 0.6 is 0 Å². The van der Waals surface area contributed by atoms with Crippen LogP contribution in [0.25, 0.3) is 0 Å². The normalized spacial score (nSPS) is 32.9. The Bertz CT molecular complexity index is 493. The first-order valence-corrected chi connectivity index (χ1v) is 8.85. The highest BCUT2D eigenvalue weighted by molar-refractivity contribution is 5.82. The van der Waals surface area contributed by atoms with Gasteiger partial charge in [-0.3, -0.25) is 9.89 Å². The minimum atomic E-state index is 0.0804. The molecule has 120 valence electrons. The van der Waals surface area contributed by atoms with Crippen LogP contribution in [-0.2, 0) is 4.79 Å². The van der Waals surface area contributed by atoms with Gasteiger partial charge in [0.25, 0.3) is 0 Å². The van der Waals surface area contributed by atoms with Gasteiger partial charge in [0.05, 0.1) is 6.04 Å². The Hall–Kier alpha value is -1.36. The summed E-state index contributed by atoms with van der Waals surface area (Å²) in [6, 6.07) is 2.74. The number of fused-ring (bicyclic) bond motifs is 1. The van der Waals surface area contributed by atoms with Crippen molar-refractivity contribution < 1.29 is 4.79 Å². The summed E-state index contributed by atoms with van der Waals surface area (Å²) >= 11 is 0. The Morgan fingerprint density at radius 1 is 1.18 bits per heavy atom. The van der Waals surface area contributed by atoms with Gasteiger partial charge >= 0.3 is 0 Å². The second kappa shape index (κ2) is 6.03. The summed E-state index contributed by atoms with van der Waals surface area (Å²) in [7, 11) is 0. The van der Waals surface area contributed by atoms with Gasteiger partial charge in [-0.2, -0.15) is 5.10 Å². The average Bonchev–Trinajstić information content (AvgIpc) is 3.23. The van der Waals surface area contributed by atoms with E-state index < -0.39 is 0 Å². The lowest BCUT2D eigenvalue weighted by atomic mass is 9.85. The van der Waals surface area contributed by atoms with E-state index in [9.17, 15) is 4.79 Å². The molecule has 1 aromatic heterocycles. The minimum absolute atomic E-state index is 0.0804. The summed E-state index contributed by atoms with van der Waals surface area (Å²) in [5.74, 6) is 1.62. The molecule has 2 aliphatic heterocycles. The number of hydrogen-bond acceptors (Lipinski definition) is 3. The molecule has 0 aromatic carbocycles. The zero-order valence-electron chi connectivity index (χ0n) is 13.1. The molecule has 4 rings (SSSR count). The minimum Gasteiger partial charge on any atom is -0.341 e. The number of nitrogens with one attached hydrogen (secondary N) is 2. The molecule has 1 aliphatic carbocycles. The molecule has 3 heterocycles. The number of piperidine rings is 1. The number of rotatable bonds is 2. The summed E-state index contributed by atoms with van der Waals surface area (Å²) < 4.78 is 0. The Morgan fingerprint density at radius 2 is 2.00 bits per heavy atom. The second-order valence-corrected chi connectivity index (χ2v) is 7.22. The molecule has 22 heavy (non-hydrogen) atoms. The predicted molar refractivity (Wildman–Crippen MR) is 84.4 cm³/mol. The first-order valence-electron chi connectivity index (χ1n) is 8.85. The summed E-state index contributed by atoms with van der Waals surface area (Å²) in [6.45, 7) is 1.77. The molecule has 0 spiro atoms. The zero-order chi connectivity index (χ0) is 14.9. The van der Waals surface area contributed by atoms with Crippen molar-refractivity contribution in [3.05, 3.63) is 18.0 Å². The number of H-pyrrole nitrogens is 1. The summed E-state index contributed by atoms with van der Waals surface area (Å²) in [6.07, 6.45) is 10.2. The fraction of sp³-hybridized carbons (Fsp3) is 0.765. The van der Waals surface area contributed by atoms with Crippen molar-refractivity contribution in [3.8, 4) is 0 Å². The lowest BCUT2D eigenvalue weighted by Gasteiger charge is -2.33. The van der Waals surface area contributed by atoms with Gasteiger partial charge in [0.15, 0.2) is 0 Å². The molecule has 1 saturated carbocycles. The number of hydrogen-bond donors (Lipinski definition) is 2. The highest BCUT2D eigenvalue weighted by atomic mass is 16.2. The smallest absolute Gasteiger partial charge is 0.239 e. The van der Waals surface area contributed by atoms with Crippen molar-refractivity contribution in [1.29, 1.82) is 0 Å². The third kappa shape index (κ3) is 2.67. The summed E-state index contributed by atoms with van der Waals surface area (Å²) in [5, 5.41) is 10.7. The molecular formula is C17H26N4O. The Balaban J connectivity index is 1.32. The van der Waals surface area contributed by atoms with Gasteiger partial charge in [-0.1, -0.05) is 12.8 Å². The van der Waals surface area contributed by atoms with E-state index >= 15 is 0 Å². The molecule has 3 atom stereocenters. The van der Waals surface area contributed by atoms with Crippen LogP contribution in [-0.4, -0.2) is 46.2 Å². The van der Waals surface area contributed by atoms with Crippen LogP contribution < -0.4 is 5.32 Å². The SMILES string of the molecule is O=C(C1CC2CCCCC2N1)N1CCC(c2ccn[nH]2)CC1. The summed E-state index contributed by atoms with van der Waals surface area (Å²) in [5.41, 5.74) is 1.22. The number of amides is 1. The van der Waals surface area contributed by atoms with Crippen molar-refractivity contribution in [2.75, 3.05) is 13.1 Å². The van der Waals surface area contributed by atoms with Crippen molar-refractivity contribution in [2.45, 2.75) is 62.9 Å². The maximum atomic E-state index is 12.8. The van der Waals surface area contributed by atoms with E-state index in [0.717, 1.165) is 38.3 Å². The van der Waals surface area contributed by atoms with Gasteiger partial charge < -0.3 is 10.2 Å². The molecule has 0 bridgehead atoms. The number of nitrogens with zero attached hydrogens (tertiary/aromatic N) is 2. The van der Waals surface area contributed by atoms with Crippen LogP contribution in [0.15, 0.2) is 12.3 Å². The highest BCUT2D eigenvalue weighted by Gasteiger charge is 2.40. The van der Waals surface area contributed by atoms with Crippen LogP contribution in [0.1, 0.15) is 56.6 Å². The zero-order valence-corrected chi connectivity index (χ0v) is 13.1. The van der Waals surface area contributed by atoms with Gasteiger partial charge in [-0.15, -0.1) is 0 Å². The fourth-order valence-electron chi connectivity index (χ4n) is 4.64. The Labute approximate surface area is 131 Å². The van der Waals surface area contributed by atoms with E-state index in [1.807, 2.05) is 6.20 Å². The molecule has 0 radical (unpaired) electrons. The van der Waals surface area contributed by atoms with Gasteiger partial charge in [-0.25, -0.2) is 0 Å². The quantitative estimate of drug-likeness (QED) is 0.879. The highest BCUT2D eigenvalue weighted by Crippen LogP contribution is 2.34. The number of likely N-dealkylation sites (tertiary alicyclic amines) is 1. The Morgan fingerprint density at radius 3 is 2.73 bits per heavy atom. The van der Waals surface area contributed by atoms with E-state index in [0.29, 0.717) is 17.9 Å². The topological polar surface area (TPSA) is 61.0 Å². The van der Waals surface area contributed by atoms with Crippen LogP contribution in [0.5, 0.6) is 0 Å². The molecule has 3 unspecified atom stereocenters.